The van der Waals surface area contributed by atoms with E-state index in [1.54, 1.807) is 0 Å². The van der Waals surface area contributed by atoms with Crippen LogP contribution < -0.4 is 4.90 Å². The fourth-order valence-electron chi connectivity index (χ4n) is 4.81. The molecule has 0 saturated carbocycles. The summed E-state index contributed by atoms with van der Waals surface area (Å²) in [5.74, 6) is 1.55. The zero-order valence-electron chi connectivity index (χ0n) is 19.8. The van der Waals surface area contributed by atoms with Crippen LogP contribution in [0.2, 0.25) is 0 Å². The quantitative estimate of drug-likeness (QED) is 0.269. The second kappa shape index (κ2) is 9.47. The van der Waals surface area contributed by atoms with Gasteiger partial charge in [0.05, 0.1) is 0 Å². The Bertz CT molecular complexity index is 1460. The number of hydrogen-bond acceptors (Lipinski definition) is 3. The molecule has 5 aromatic rings. The number of nitrogens with zero attached hydrogens (tertiary/aromatic N) is 3. The van der Waals surface area contributed by atoms with Gasteiger partial charge in [0.2, 0.25) is 0 Å². The van der Waals surface area contributed by atoms with E-state index >= 15 is 0 Å². The molecule has 0 unspecified atom stereocenters. The molecule has 172 valence electrons. The summed E-state index contributed by atoms with van der Waals surface area (Å²) in [5.41, 5.74) is 4.29. The van der Waals surface area contributed by atoms with E-state index in [0.717, 1.165) is 33.8 Å². The van der Waals surface area contributed by atoms with Gasteiger partial charge in [0.1, 0.15) is 5.84 Å². The Hall–Kier alpha value is -4.76. The summed E-state index contributed by atoms with van der Waals surface area (Å²) < 4.78 is 0. The maximum atomic E-state index is 5.51. The molecule has 3 nitrogen and oxygen atoms in total. The van der Waals surface area contributed by atoms with Gasteiger partial charge in [-0.2, -0.15) is 0 Å². The van der Waals surface area contributed by atoms with E-state index in [-0.39, 0.29) is 0 Å². The first-order valence-electron chi connectivity index (χ1n) is 12.1. The molecule has 1 heterocycles. The van der Waals surface area contributed by atoms with Gasteiger partial charge in [0.25, 0.3) is 0 Å². The van der Waals surface area contributed by atoms with Crippen LogP contribution in [0.5, 0.6) is 0 Å². The van der Waals surface area contributed by atoms with E-state index in [4.69, 9.17) is 9.98 Å². The minimum absolute atomic E-state index is 0.703. The standard InChI is InChI=1S/C33H25N3/c1-6-16-26(17-7-1)31-34-32(27-18-8-2-9-19-27)36(30-24-14-5-15-25-30)33(35-31,28-20-10-3-11-21-28)29-22-12-4-13-23-29/h1-25H. The lowest BCUT2D eigenvalue weighted by Crippen LogP contribution is -2.53. The summed E-state index contributed by atoms with van der Waals surface area (Å²) in [6.45, 7) is 0. The van der Waals surface area contributed by atoms with E-state index in [1.807, 2.05) is 42.5 Å². The van der Waals surface area contributed by atoms with Crippen molar-refractivity contribution in [3.05, 3.63) is 174 Å². The maximum Gasteiger partial charge on any atom is 0.191 e. The molecule has 0 fully saturated rings. The van der Waals surface area contributed by atoms with Crippen molar-refractivity contribution < 1.29 is 0 Å². The zero-order valence-corrected chi connectivity index (χ0v) is 19.8. The van der Waals surface area contributed by atoms with Crippen LogP contribution in [0, 0.1) is 0 Å². The molecular formula is C33H25N3. The minimum Gasteiger partial charge on any atom is -0.292 e. The monoisotopic (exact) mass is 463 g/mol. The molecule has 0 bridgehead atoms. The van der Waals surface area contributed by atoms with Gasteiger partial charge in [-0.05, 0) is 12.1 Å². The van der Waals surface area contributed by atoms with Gasteiger partial charge >= 0.3 is 0 Å². The van der Waals surface area contributed by atoms with E-state index in [2.05, 4.69) is 114 Å². The second-order valence-corrected chi connectivity index (χ2v) is 8.68. The number of rotatable bonds is 5. The summed E-state index contributed by atoms with van der Waals surface area (Å²) in [4.78, 5) is 13.0. The minimum atomic E-state index is -0.873. The fraction of sp³-hybridized carbons (Fsp3) is 0.0303. The van der Waals surface area contributed by atoms with E-state index < -0.39 is 5.66 Å². The fourth-order valence-corrected chi connectivity index (χ4v) is 4.81. The predicted octanol–water partition coefficient (Wildman–Crippen LogP) is 7.30. The van der Waals surface area contributed by atoms with Gasteiger partial charge in [-0.1, -0.05) is 140 Å². The van der Waals surface area contributed by atoms with Gasteiger partial charge in [0, 0.05) is 27.9 Å². The molecule has 0 radical (unpaired) electrons. The number of amidine groups is 2. The highest BCUT2D eigenvalue weighted by Crippen LogP contribution is 2.44. The molecule has 0 N–H and O–H groups in total. The molecule has 0 aliphatic carbocycles. The normalized spacial score (nSPS) is 14.6. The lowest BCUT2D eigenvalue weighted by atomic mass is 9.87. The highest BCUT2D eigenvalue weighted by Gasteiger charge is 2.46. The molecule has 1 aliphatic rings. The Labute approximate surface area is 211 Å². The first kappa shape index (κ1) is 21.8. The van der Waals surface area contributed by atoms with Crippen LogP contribution in [0.1, 0.15) is 22.3 Å². The molecule has 0 spiro atoms. The smallest absolute Gasteiger partial charge is 0.191 e. The first-order chi connectivity index (χ1) is 17.9. The molecule has 1 aliphatic heterocycles. The van der Waals surface area contributed by atoms with Crippen molar-refractivity contribution in [1.29, 1.82) is 0 Å². The Kier molecular flexibility index (Phi) is 5.72. The number of anilines is 1. The Balaban J connectivity index is 1.74. The summed E-state index contributed by atoms with van der Waals surface area (Å²) in [6, 6.07) is 52.1. The van der Waals surface area contributed by atoms with Crippen LogP contribution in [0.25, 0.3) is 0 Å². The lowest BCUT2D eigenvalue weighted by molar-refractivity contribution is 0.557. The third-order valence-corrected chi connectivity index (χ3v) is 6.45. The summed E-state index contributed by atoms with van der Waals surface area (Å²) in [7, 11) is 0. The third-order valence-electron chi connectivity index (χ3n) is 6.45. The van der Waals surface area contributed by atoms with Crippen molar-refractivity contribution in [3.8, 4) is 0 Å². The Morgan fingerprint density at radius 1 is 0.444 bits per heavy atom. The van der Waals surface area contributed by atoms with Crippen LogP contribution in [0.3, 0.4) is 0 Å². The van der Waals surface area contributed by atoms with Gasteiger partial charge in [0.15, 0.2) is 11.5 Å². The molecule has 6 rings (SSSR count). The average Bonchev–Trinajstić information content (AvgIpc) is 2.98. The second-order valence-electron chi connectivity index (χ2n) is 8.68. The molecule has 0 saturated heterocycles. The molecule has 3 heteroatoms. The van der Waals surface area contributed by atoms with E-state index in [9.17, 15) is 0 Å². The van der Waals surface area contributed by atoms with Crippen molar-refractivity contribution in [2.45, 2.75) is 5.66 Å². The molecule has 0 aromatic heterocycles. The average molecular weight is 464 g/mol. The van der Waals surface area contributed by atoms with Crippen LogP contribution in [-0.4, -0.2) is 11.7 Å². The number of para-hydroxylation sites is 1. The molecule has 36 heavy (non-hydrogen) atoms. The lowest BCUT2D eigenvalue weighted by Gasteiger charge is -2.46. The molecular weight excluding hydrogens is 438 g/mol. The Morgan fingerprint density at radius 2 is 0.861 bits per heavy atom. The number of hydrogen-bond donors (Lipinski definition) is 0. The van der Waals surface area contributed by atoms with Gasteiger partial charge in [-0.3, -0.25) is 4.90 Å². The third kappa shape index (κ3) is 3.81. The molecule has 0 amide bonds. The highest BCUT2D eigenvalue weighted by atomic mass is 15.4. The summed E-state index contributed by atoms with van der Waals surface area (Å²) >= 11 is 0. The van der Waals surface area contributed by atoms with Crippen LogP contribution >= 0.6 is 0 Å². The Morgan fingerprint density at radius 3 is 1.36 bits per heavy atom. The van der Waals surface area contributed by atoms with Crippen LogP contribution in [-0.2, 0) is 5.66 Å². The van der Waals surface area contributed by atoms with Crippen LogP contribution in [0.15, 0.2) is 162 Å². The van der Waals surface area contributed by atoms with Gasteiger partial charge < -0.3 is 0 Å². The largest absolute Gasteiger partial charge is 0.292 e. The zero-order chi connectivity index (χ0) is 24.2. The number of benzene rings is 5. The van der Waals surface area contributed by atoms with Crippen molar-refractivity contribution in [2.24, 2.45) is 9.98 Å². The van der Waals surface area contributed by atoms with Gasteiger partial charge in [-0.25, -0.2) is 9.98 Å². The van der Waals surface area contributed by atoms with Crippen molar-refractivity contribution >= 4 is 17.4 Å². The number of aliphatic imine (C=N–C) groups is 2. The molecule has 0 atom stereocenters. The van der Waals surface area contributed by atoms with Gasteiger partial charge in [-0.15, -0.1) is 0 Å². The SMILES string of the molecule is c1ccc(C2=NC(c3ccccc3)(c3ccccc3)N(c3ccccc3)C(c3ccccc3)=N2)cc1. The van der Waals surface area contributed by atoms with Crippen molar-refractivity contribution in [3.63, 3.8) is 0 Å². The summed E-state index contributed by atoms with van der Waals surface area (Å²) in [6.07, 6.45) is 0. The highest BCUT2D eigenvalue weighted by molar-refractivity contribution is 6.20. The maximum absolute atomic E-state index is 5.51. The van der Waals surface area contributed by atoms with E-state index in [0.29, 0.717) is 5.84 Å². The van der Waals surface area contributed by atoms with Crippen molar-refractivity contribution in [1.82, 2.24) is 0 Å². The topological polar surface area (TPSA) is 28.0 Å². The van der Waals surface area contributed by atoms with Crippen molar-refractivity contribution in [2.75, 3.05) is 4.90 Å². The van der Waals surface area contributed by atoms with Crippen LogP contribution in [0.4, 0.5) is 5.69 Å². The summed E-state index contributed by atoms with van der Waals surface area (Å²) in [5, 5.41) is 0. The molecule has 5 aromatic carbocycles. The predicted molar refractivity (Wildman–Crippen MR) is 149 cm³/mol. The first-order valence-corrected chi connectivity index (χ1v) is 12.1. The van der Waals surface area contributed by atoms with E-state index in [1.165, 1.54) is 0 Å².